The number of nitrogens with one attached hydrogen (secondary N) is 1. The van der Waals surface area contributed by atoms with Gasteiger partial charge in [0.15, 0.2) is 0 Å². The van der Waals surface area contributed by atoms with Gasteiger partial charge in [0.2, 0.25) is 0 Å². The second-order valence-corrected chi connectivity index (χ2v) is 5.17. The minimum Gasteiger partial charge on any atom is -0.478 e. The van der Waals surface area contributed by atoms with Gasteiger partial charge in [0, 0.05) is 17.1 Å². The number of para-hydroxylation sites is 1. The van der Waals surface area contributed by atoms with Gasteiger partial charge in [0.05, 0.1) is 16.8 Å². The molecule has 0 saturated carbocycles. The molecule has 2 aromatic rings. The number of benzene rings is 2. The largest absolute Gasteiger partial charge is 0.478 e. The van der Waals surface area contributed by atoms with Gasteiger partial charge in [-0.25, -0.2) is 4.79 Å². The van der Waals surface area contributed by atoms with Crippen molar-refractivity contribution in [3.63, 3.8) is 0 Å². The van der Waals surface area contributed by atoms with E-state index in [1.807, 2.05) is 24.3 Å². The van der Waals surface area contributed by atoms with Crippen molar-refractivity contribution < 1.29 is 9.90 Å². The molecule has 2 aromatic carbocycles. The Labute approximate surface area is 130 Å². The molecule has 2 heterocycles. The van der Waals surface area contributed by atoms with Crippen molar-refractivity contribution in [3.05, 3.63) is 70.6 Å². The first-order chi connectivity index (χ1) is 11.1. The molecular weight excluding hydrogens is 294 g/mol. The zero-order chi connectivity index (χ0) is 16.0. The quantitative estimate of drug-likeness (QED) is 0.595. The molecule has 2 aliphatic heterocycles. The summed E-state index contributed by atoms with van der Waals surface area (Å²) < 4.78 is 1.29. The van der Waals surface area contributed by atoms with E-state index >= 15 is 0 Å². The fraction of sp³-hybridized carbons (Fsp3) is 0. The predicted octanol–water partition coefficient (Wildman–Crippen LogP) is 2.52. The van der Waals surface area contributed by atoms with Gasteiger partial charge in [0.25, 0.3) is 5.56 Å². The fourth-order valence-corrected chi connectivity index (χ4v) is 2.63. The Morgan fingerprint density at radius 1 is 1.09 bits per heavy atom. The number of hydrogen-bond donors (Lipinski definition) is 2. The molecule has 0 amide bonds. The molecule has 0 bridgehead atoms. The Balaban J connectivity index is 1.95. The second-order valence-electron chi connectivity index (χ2n) is 5.17. The third kappa shape index (κ3) is 2.00. The van der Waals surface area contributed by atoms with Crippen molar-refractivity contribution in [1.82, 2.24) is 14.8 Å². The number of aromatic nitrogens is 3. The van der Waals surface area contributed by atoms with Crippen LogP contribution in [-0.4, -0.2) is 25.8 Å². The third-order valence-corrected chi connectivity index (χ3v) is 3.79. The van der Waals surface area contributed by atoms with Gasteiger partial charge in [0.1, 0.15) is 5.69 Å². The Morgan fingerprint density at radius 3 is 2.57 bits per heavy atom. The van der Waals surface area contributed by atoms with Crippen molar-refractivity contribution in [1.29, 1.82) is 0 Å². The van der Waals surface area contributed by atoms with Gasteiger partial charge >= 0.3 is 5.97 Å². The standard InChI is InChI=1S/C17H11N3O3/c21-16-13-9-18-14-4-2-1-3-12(14)15(13)19-20(16)11-7-5-10(6-8-11)17(22)23/h1-9,18H,(H,22,23). The highest BCUT2D eigenvalue weighted by atomic mass is 16.4. The van der Waals surface area contributed by atoms with E-state index in [-0.39, 0.29) is 11.1 Å². The molecular formula is C17H11N3O3. The lowest BCUT2D eigenvalue weighted by Crippen LogP contribution is -2.14. The molecule has 0 saturated heterocycles. The average Bonchev–Trinajstić information content (AvgIpc) is 2.92. The molecule has 0 aliphatic carbocycles. The Kier molecular flexibility index (Phi) is 2.77. The lowest BCUT2D eigenvalue weighted by atomic mass is 10.1. The molecule has 0 atom stereocenters. The van der Waals surface area contributed by atoms with Crippen LogP contribution in [-0.2, 0) is 0 Å². The number of fused-ring (bicyclic) bond motifs is 3. The van der Waals surface area contributed by atoms with E-state index in [9.17, 15) is 9.59 Å². The Bertz CT molecular complexity index is 1060. The lowest BCUT2D eigenvalue weighted by molar-refractivity contribution is 0.0697. The number of aromatic amines is 1. The maximum Gasteiger partial charge on any atom is 0.335 e. The number of carboxylic acid groups (broad SMARTS) is 1. The first-order valence-electron chi connectivity index (χ1n) is 6.98. The number of nitrogens with zero attached hydrogens (tertiary/aromatic N) is 2. The van der Waals surface area contributed by atoms with Gasteiger partial charge in [-0.05, 0) is 30.3 Å². The van der Waals surface area contributed by atoms with Gasteiger partial charge in [-0.3, -0.25) is 4.79 Å². The number of aromatic carboxylic acids is 1. The fourth-order valence-electron chi connectivity index (χ4n) is 2.63. The highest BCUT2D eigenvalue weighted by Crippen LogP contribution is 2.25. The van der Waals surface area contributed by atoms with E-state index in [0.29, 0.717) is 16.9 Å². The molecule has 4 rings (SSSR count). The molecule has 23 heavy (non-hydrogen) atoms. The predicted molar refractivity (Wildman–Crippen MR) is 85.3 cm³/mol. The van der Waals surface area contributed by atoms with Crippen LogP contribution in [0, 0.1) is 0 Å². The molecule has 6 heteroatoms. The van der Waals surface area contributed by atoms with Crippen molar-refractivity contribution in [2.75, 3.05) is 0 Å². The van der Waals surface area contributed by atoms with Crippen LogP contribution in [0.25, 0.3) is 27.8 Å². The van der Waals surface area contributed by atoms with Crippen molar-refractivity contribution >= 4 is 16.9 Å². The van der Waals surface area contributed by atoms with Gasteiger partial charge < -0.3 is 10.1 Å². The van der Waals surface area contributed by atoms with Crippen molar-refractivity contribution in [2.45, 2.75) is 0 Å². The Morgan fingerprint density at radius 2 is 1.83 bits per heavy atom. The minimum atomic E-state index is -1.01. The highest BCUT2D eigenvalue weighted by Gasteiger charge is 2.18. The minimum absolute atomic E-state index is 0.164. The summed E-state index contributed by atoms with van der Waals surface area (Å²) in [6.07, 6.45) is 1.65. The monoisotopic (exact) mass is 305 g/mol. The van der Waals surface area contributed by atoms with E-state index in [1.165, 1.54) is 16.8 Å². The van der Waals surface area contributed by atoms with Crippen LogP contribution in [0.3, 0.4) is 0 Å². The van der Waals surface area contributed by atoms with Gasteiger partial charge in [-0.15, -0.1) is 0 Å². The SMILES string of the molecule is O=C(O)c1ccc(-n2nc3c4ccccc4[nH]cc-3c2=O)cc1. The number of H-pyrrole nitrogens is 1. The van der Waals surface area contributed by atoms with E-state index in [2.05, 4.69) is 10.1 Å². The maximum absolute atomic E-state index is 12.6. The summed E-state index contributed by atoms with van der Waals surface area (Å²) >= 11 is 0. The van der Waals surface area contributed by atoms with Crippen molar-refractivity contribution in [3.8, 4) is 16.9 Å². The summed E-state index contributed by atoms with van der Waals surface area (Å²) in [7, 11) is 0. The molecule has 112 valence electrons. The van der Waals surface area contributed by atoms with Gasteiger partial charge in [-0.1, -0.05) is 18.2 Å². The summed E-state index contributed by atoms with van der Waals surface area (Å²) in [4.78, 5) is 26.6. The van der Waals surface area contributed by atoms with E-state index in [1.54, 1.807) is 18.3 Å². The number of carboxylic acids is 1. The maximum atomic E-state index is 12.6. The smallest absolute Gasteiger partial charge is 0.335 e. The van der Waals surface area contributed by atoms with Crippen LogP contribution in [0.5, 0.6) is 0 Å². The number of hydrogen-bond acceptors (Lipinski definition) is 3. The average molecular weight is 305 g/mol. The molecule has 0 radical (unpaired) electrons. The van der Waals surface area contributed by atoms with Crippen LogP contribution in [0.2, 0.25) is 0 Å². The summed E-state index contributed by atoms with van der Waals surface area (Å²) in [5.41, 5.74) is 2.45. The van der Waals surface area contributed by atoms with E-state index in [4.69, 9.17) is 5.11 Å². The first kappa shape index (κ1) is 13.3. The molecule has 2 aliphatic rings. The summed E-state index contributed by atoms with van der Waals surface area (Å²) in [6.45, 7) is 0. The van der Waals surface area contributed by atoms with Crippen LogP contribution >= 0.6 is 0 Å². The molecule has 0 aromatic heterocycles. The zero-order valence-electron chi connectivity index (χ0n) is 11.9. The van der Waals surface area contributed by atoms with Crippen LogP contribution in [0.15, 0.2) is 59.5 Å². The molecule has 0 spiro atoms. The molecule has 6 nitrogen and oxygen atoms in total. The zero-order valence-corrected chi connectivity index (χ0v) is 11.9. The number of rotatable bonds is 2. The molecule has 0 unspecified atom stereocenters. The number of pyridine rings is 1. The first-order valence-corrected chi connectivity index (χ1v) is 6.98. The second kappa shape index (κ2) is 4.81. The van der Waals surface area contributed by atoms with E-state index < -0.39 is 5.97 Å². The van der Waals surface area contributed by atoms with Crippen molar-refractivity contribution in [2.24, 2.45) is 0 Å². The number of carbonyl (C=O) groups is 1. The molecule has 0 fully saturated rings. The topological polar surface area (TPSA) is 88.0 Å². The summed E-state index contributed by atoms with van der Waals surface area (Å²) in [6, 6.07) is 13.7. The highest BCUT2D eigenvalue weighted by molar-refractivity contribution is 5.93. The Hall–Kier alpha value is -3.41. The lowest BCUT2D eigenvalue weighted by Gasteiger charge is -2.01. The van der Waals surface area contributed by atoms with E-state index in [0.717, 1.165) is 10.9 Å². The van der Waals surface area contributed by atoms with Crippen LogP contribution in [0.1, 0.15) is 10.4 Å². The van der Waals surface area contributed by atoms with Gasteiger partial charge in [-0.2, -0.15) is 9.78 Å². The van der Waals surface area contributed by atoms with Crippen LogP contribution in [0.4, 0.5) is 0 Å². The molecule has 2 N–H and O–H groups in total. The van der Waals surface area contributed by atoms with Crippen LogP contribution < -0.4 is 5.56 Å². The normalized spacial score (nSPS) is 11.1. The summed E-state index contributed by atoms with van der Waals surface area (Å²) in [5.74, 6) is -1.01. The summed E-state index contributed by atoms with van der Waals surface area (Å²) in [5, 5.41) is 14.2. The third-order valence-electron chi connectivity index (χ3n) is 3.79.